The Labute approximate surface area is 124 Å². The highest BCUT2D eigenvalue weighted by atomic mass is 19.1. The number of hydrogen-bond acceptors (Lipinski definition) is 2. The normalized spacial score (nSPS) is 12.5. The minimum absolute atomic E-state index is 0.0947. The largest absolute Gasteiger partial charge is 0.481 e. The summed E-state index contributed by atoms with van der Waals surface area (Å²) < 4.78 is 13.0. The van der Waals surface area contributed by atoms with Crippen molar-refractivity contribution in [2.75, 3.05) is 4.90 Å². The van der Waals surface area contributed by atoms with Crippen LogP contribution in [0.25, 0.3) is 0 Å². The minimum Gasteiger partial charge on any atom is -0.481 e. The molecule has 0 heterocycles. The molecule has 1 amide bonds. The second-order valence-corrected chi connectivity index (χ2v) is 5.80. The summed E-state index contributed by atoms with van der Waals surface area (Å²) in [4.78, 5) is 25.4. The molecule has 1 N–H and O–H groups in total. The average molecular weight is 295 g/mol. The number of carboxylic acid groups (broad SMARTS) is 1. The van der Waals surface area contributed by atoms with E-state index in [0.717, 1.165) is 0 Å². The predicted molar refractivity (Wildman–Crippen MR) is 79.6 cm³/mol. The third-order valence-corrected chi connectivity index (χ3v) is 3.16. The smallest absolute Gasteiger partial charge is 0.316 e. The molecule has 0 bridgehead atoms. The molecule has 1 atom stereocenters. The molecule has 0 aliphatic carbocycles. The number of carbonyl (C=O) groups is 2. The Hall–Kier alpha value is -1.91. The quantitative estimate of drug-likeness (QED) is 0.819. The fourth-order valence-electron chi connectivity index (χ4n) is 2.23. The van der Waals surface area contributed by atoms with Gasteiger partial charge in [-0.05, 0) is 50.5 Å². The van der Waals surface area contributed by atoms with Gasteiger partial charge in [0.05, 0.1) is 0 Å². The molecule has 21 heavy (non-hydrogen) atoms. The molecule has 5 heteroatoms. The lowest BCUT2D eigenvalue weighted by atomic mass is 9.95. The standard InChI is InChI=1S/C16H22FNO3/c1-10(2)9-14(16(20)21)15(19)18(11(3)4)13-7-5-12(17)6-8-13/h5-8,10-11,14H,9H2,1-4H3,(H,20,21). The molecule has 0 spiro atoms. The van der Waals surface area contributed by atoms with Gasteiger partial charge in [0.15, 0.2) is 0 Å². The van der Waals surface area contributed by atoms with Crippen LogP contribution in [0.15, 0.2) is 24.3 Å². The first-order chi connectivity index (χ1) is 9.73. The van der Waals surface area contributed by atoms with E-state index in [0.29, 0.717) is 5.69 Å². The highest BCUT2D eigenvalue weighted by Crippen LogP contribution is 2.23. The lowest BCUT2D eigenvalue weighted by Gasteiger charge is -2.30. The van der Waals surface area contributed by atoms with E-state index in [1.54, 1.807) is 13.8 Å². The summed E-state index contributed by atoms with van der Waals surface area (Å²) in [5.74, 6) is -2.97. The van der Waals surface area contributed by atoms with Crippen molar-refractivity contribution in [3.63, 3.8) is 0 Å². The van der Waals surface area contributed by atoms with Crippen molar-refractivity contribution in [2.45, 2.75) is 40.2 Å². The maximum atomic E-state index is 13.0. The van der Waals surface area contributed by atoms with Crippen molar-refractivity contribution in [3.8, 4) is 0 Å². The van der Waals surface area contributed by atoms with E-state index >= 15 is 0 Å². The summed E-state index contributed by atoms with van der Waals surface area (Å²) in [7, 11) is 0. The fraction of sp³-hybridized carbons (Fsp3) is 0.500. The molecule has 1 unspecified atom stereocenters. The Bertz CT molecular complexity index is 497. The maximum Gasteiger partial charge on any atom is 0.316 e. The van der Waals surface area contributed by atoms with E-state index in [4.69, 9.17) is 0 Å². The SMILES string of the molecule is CC(C)CC(C(=O)O)C(=O)N(c1ccc(F)cc1)C(C)C. The van der Waals surface area contributed by atoms with Gasteiger partial charge in [0.25, 0.3) is 0 Å². The third kappa shape index (κ3) is 4.55. The Morgan fingerprint density at radius 3 is 2.05 bits per heavy atom. The maximum absolute atomic E-state index is 13.0. The van der Waals surface area contributed by atoms with Gasteiger partial charge in [0, 0.05) is 11.7 Å². The second kappa shape index (κ2) is 7.20. The summed E-state index contributed by atoms with van der Waals surface area (Å²) in [6.07, 6.45) is 0.276. The van der Waals surface area contributed by atoms with Crippen molar-refractivity contribution < 1.29 is 19.1 Å². The van der Waals surface area contributed by atoms with Gasteiger partial charge < -0.3 is 10.0 Å². The molecule has 0 saturated heterocycles. The van der Waals surface area contributed by atoms with Crippen LogP contribution < -0.4 is 4.90 Å². The molecular weight excluding hydrogens is 273 g/mol. The number of anilines is 1. The van der Waals surface area contributed by atoms with Gasteiger partial charge in [-0.2, -0.15) is 0 Å². The first kappa shape index (κ1) is 17.1. The average Bonchev–Trinajstić information content (AvgIpc) is 2.37. The van der Waals surface area contributed by atoms with Crippen molar-refractivity contribution in [1.82, 2.24) is 0 Å². The monoisotopic (exact) mass is 295 g/mol. The van der Waals surface area contributed by atoms with Gasteiger partial charge in [-0.15, -0.1) is 0 Å². The van der Waals surface area contributed by atoms with Crippen LogP contribution in [-0.4, -0.2) is 23.0 Å². The van der Waals surface area contributed by atoms with E-state index in [1.165, 1.54) is 29.2 Å². The lowest BCUT2D eigenvalue weighted by molar-refractivity contribution is -0.146. The lowest BCUT2D eigenvalue weighted by Crippen LogP contribution is -2.44. The van der Waals surface area contributed by atoms with E-state index in [1.807, 2.05) is 13.8 Å². The number of nitrogens with zero attached hydrogens (tertiary/aromatic N) is 1. The Morgan fingerprint density at radius 2 is 1.67 bits per heavy atom. The van der Waals surface area contributed by atoms with Crippen LogP contribution in [0.1, 0.15) is 34.1 Å². The summed E-state index contributed by atoms with van der Waals surface area (Å²) in [6.45, 7) is 7.35. The van der Waals surface area contributed by atoms with Crippen molar-refractivity contribution in [3.05, 3.63) is 30.1 Å². The van der Waals surface area contributed by atoms with E-state index in [2.05, 4.69) is 0 Å². The van der Waals surface area contributed by atoms with Crippen molar-refractivity contribution in [2.24, 2.45) is 11.8 Å². The van der Waals surface area contributed by atoms with Crippen LogP contribution in [0.2, 0.25) is 0 Å². The number of amides is 1. The van der Waals surface area contributed by atoms with Gasteiger partial charge in [-0.3, -0.25) is 9.59 Å². The topological polar surface area (TPSA) is 57.6 Å². The first-order valence-electron chi connectivity index (χ1n) is 7.05. The summed E-state index contributed by atoms with van der Waals surface area (Å²) in [5.41, 5.74) is 0.506. The predicted octanol–water partition coefficient (Wildman–Crippen LogP) is 3.31. The summed E-state index contributed by atoms with van der Waals surface area (Å²) >= 11 is 0. The molecule has 0 aliphatic heterocycles. The zero-order valence-electron chi connectivity index (χ0n) is 12.8. The minimum atomic E-state index is -1.12. The van der Waals surface area contributed by atoms with Gasteiger partial charge >= 0.3 is 5.97 Å². The molecule has 4 nitrogen and oxygen atoms in total. The first-order valence-corrected chi connectivity index (χ1v) is 7.05. The van der Waals surface area contributed by atoms with Gasteiger partial charge in [-0.25, -0.2) is 4.39 Å². The van der Waals surface area contributed by atoms with Gasteiger partial charge in [-0.1, -0.05) is 13.8 Å². The highest BCUT2D eigenvalue weighted by molar-refractivity contribution is 6.05. The summed E-state index contributed by atoms with van der Waals surface area (Å²) in [5, 5.41) is 9.31. The van der Waals surface area contributed by atoms with Crippen LogP contribution in [0.5, 0.6) is 0 Å². The van der Waals surface area contributed by atoms with Crippen LogP contribution in [0.3, 0.4) is 0 Å². The molecule has 1 aromatic carbocycles. The number of benzene rings is 1. The molecule has 0 fully saturated rings. The molecule has 0 aliphatic rings. The van der Waals surface area contributed by atoms with E-state index in [-0.39, 0.29) is 18.4 Å². The third-order valence-electron chi connectivity index (χ3n) is 3.16. The van der Waals surface area contributed by atoms with Crippen LogP contribution in [0.4, 0.5) is 10.1 Å². The molecule has 0 saturated carbocycles. The van der Waals surface area contributed by atoms with Gasteiger partial charge in [0.1, 0.15) is 11.7 Å². The highest BCUT2D eigenvalue weighted by Gasteiger charge is 2.33. The molecule has 1 rings (SSSR count). The van der Waals surface area contributed by atoms with Crippen LogP contribution in [0, 0.1) is 17.7 Å². The van der Waals surface area contributed by atoms with Crippen LogP contribution >= 0.6 is 0 Å². The number of aliphatic carboxylic acids is 1. The Morgan fingerprint density at radius 1 is 1.14 bits per heavy atom. The zero-order valence-corrected chi connectivity index (χ0v) is 12.8. The summed E-state index contributed by atoms with van der Waals surface area (Å²) in [6, 6.07) is 5.28. The molecule has 1 aromatic rings. The van der Waals surface area contributed by atoms with Crippen molar-refractivity contribution in [1.29, 1.82) is 0 Å². The Kier molecular flexibility index (Phi) is 5.88. The van der Waals surface area contributed by atoms with E-state index < -0.39 is 23.6 Å². The van der Waals surface area contributed by atoms with Crippen LogP contribution in [-0.2, 0) is 9.59 Å². The molecule has 0 aromatic heterocycles. The van der Waals surface area contributed by atoms with Gasteiger partial charge in [0.2, 0.25) is 5.91 Å². The second-order valence-electron chi connectivity index (χ2n) is 5.80. The van der Waals surface area contributed by atoms with E-state index in [9.17, 15) is 19.1 Å². The molecule has 0 radical (unpaired) electrons. The molecular formula is C16H22FNO3. The number of halogens is 1. The fourth-order valence-corrected chi connectivity index (χ4v) is 2.23. The number of hydrogen-bond donors (Lipinski definition) is 1. The Balaban J connectivity index is 3.11. The number of carboxylic acids is 1. The molecule has 116 valence electrons. The zero-order chi connectivity index (χ0) is 16.2. The number of carbonyl (C=O) groups excluding carboxylic acids is 1. The number of rotatable bonds is 6. The van der Waals surface area contributed by atoms with Crippen molar-refractivity contribution >= 4 is 17.6 Å².